The topological polar surface area (TPSA) is 18.6 Å². The first kappa shape index (κ1) is 49.4. The van der Waals surface area contributed by atoms with Gasteiger partial charge in [-0.3, -0.25) is 0 Å². The van der Waals surface area contributed by atoms with Crippen molar-refractivity contribution < 1.29 is 13.2 Å². The number of hydrogen-bond donors (Lipinski definition) is 0. The molecule has 0 bridgehead atoms. The lowest BCUT2D eigenvalue weighted by Crippen LogP contribution is -2.04. The SMILES string of the molecule is [C-]#[N+]c1ccc(-n2c3ccc(-c4ccc(C)cc4)cc3c3cc(-c4ccc(C)cc4)ccc32)c(-c2ccc(-c3ccc(C(F)(F)F)cc3[N+]#[C-])cc2-n2c3ccc(-c4ccc(C)cc4)cc3c3cc(-c4ccc(C)cc4)ccc32)c1. The van der Waals surface area contributed by atoms with E-state index in [2.05, 4.69) is 216 Å². The summed E-state index contributed by atoms with van der Waals surface area (Å²) in [4.78, 5) is 7.69. The van der Waals surface area contributed by atoms with Gasteiger partial charge in [0.15, 0.2) is 11.4 Å². The maximum absolute atomic E-state index is 14.2. The molecule has 0 aliphatic carbocycles. The Hall–Kier alpha value is -10.2. The summed E-state index contributed by atoms with van der Waals surface area (Å²) in [7, 11) is 0. The van der Waals surface area contributed by atoms with Crippen molar-refractivity contribution in [3.63, 3.8) is 0 Å². The van der Waals surface area contributed by atoms with Gasteiger partial charge in [-0.2, -0.15) is 13.2 Å². The highest BCUT2D eigenvalue weighted by Gasteiger charge is 2.31. The second kappa shape index (κ2) is 19.4. The average molecular weight is 1040 g/mol. The molecule has 11 aromatic carbocycles. The largest absolute Gasteiger partial charge is 0.415 e. The molecule has 0 radical (unpaired) electrons. The fourth-order valence-corrected chi connectivity index (χ4v) is 11.4. The number of rotatable bonds is 8. The van der Waals surface area contributed by atoms with Crippen LogP contribution in [0, 0.1) is 40.8 Å². The van der Waals surface area contributed by atoms with Crippen LogP contribution < -0.4 is 0 Å². The van der Waals surface area contributed by atoms with Crippen LogP contribution in [0.3, 0.4) is 0 Å². The summed E-state index contributed by atoms with van der Waals surface area (Å²) in [6, 6.07) is 75.6. The van der Waals surface area contributed by atoms with Crippen LogP contribution in [0.2, 0.25) is 0 Å². The van der Waals surface area contributed by atoms with Crippen molar-refractivity contribution >= 4 is 55.0 Å². The van der Waals surface area contributed by atoms with Gasteiger partial charge in [-0.25, -0.2) is 9.69 Å². The van der Waals surface area contributed by atoms with Crippen LogP contribution in [0.5, 0.6) is 0 Å². The Labute approximate surface area is 462 Å². The van der Waals surface area contributed by atoms with Crippen molar-refractivity contribution in [2.45, 2.75) is 33.9 Å². The summed E-state index contributed by atoms with van der Waals surface area (Å²) in [5, 5.41) is 4.14. The van der Waals surface area contributed by atoms with Crippen LogP contribution in [0.1, 0.15) is 27.8 Å². The van der Waals surface area contributed by atoms with Gasteiger partial charge >= 0.3 is 6.18 Å². The maximum Gasteiger partial charge on any atom is 0.415 e. The number of benzene rings is 11. The van der Waals surface area contributed by atoms with Crippen LogP contribution in [0.25, 0.3) is 131 Å². The molecular weight excluding hydrogens is 990 g/mol. The molecule has 13 aromatic rings. The molecule has 13 rings (SSSR count). The van der Waals surface area contributed by atoms with E-state index >= 15 is 0 Å². The molecule has 0 saturated carbocycles. The third-order valence-corrected chi connectivity index (χ3v) is 15.7. The highest BCUT2D eigenvalue weighted by atomic mass is 19.4. The Balaban J connectivity index is 1.11. The van der Waals surface area contributed by atoms with Gasteiger partial charge in [-0.05, 0) is 162 Å². The number of nitrogens with zero attached hydrogens (tertiary/aromatic N) is 4. The van der Waals surface area contributed by atoms with Crippen molar-refractivity contribution in [3.8, 4) is 78.1 Å². The van der Waals surface area contributed by atoms with Gasteiger partial charge < -0.3 is 9.13 Å². The van der Waals surface area contributed by atoms with E-state index in [0.29, 0.717) is 16.8 Å². The Morgan fingerprint density at radius 3 is 1.05 bits per heavy atom. The van der Waals surface area contributed by atoms with E-state index in [1.807, 2.05) is 36.4 Å². The standard InChI is InChI=1S/C73H49F3N4/c1-44-7-15-48(16-8-44)52-24-32-67-61(37-52)62-38-53(49-17-9-45(2)10-18-49)25-33-68(62)79(67)71-36-29-58(77-5)43-65(71)60-30-23-56(59-31-28-57(73(74,75)76)42-66(59)78-6)41-72(60)80-69-34-26-54(50-19-11-46(3)12-20-50)39-63(69)64-40-55(27-35-70(64)80)51-21-13-47(4)14-22-51/h7-43H,1-4H3. The zero-order chi connectivity index (χ0) is 55.0. The summed E-state index contributed by atoms with van der Waals surface area (Å²) < 4.78 is 47.2. The van der Waals surface area contributed by atoms with Gasteiger partial charge in [0.25, 0.3) is 0 Å². The van der Waals surface area contributed by atoms with Crippen LogP contribution in [-0.2, 0) is 6.18 Å². The van der Waals surface area contributed by atoms with E-state index in [1.54, 1.807) is 0 Å². The van der Waals surface area contributed by atoms with E-state index in [0.717, 1.165) is 134 Å². The van der Waals surface area contributed by atoms with Crippen molar-refractivity contribution in [1.29, 1.82) is 0 Å². The molecular formula is C73H49F3N4. The Bertz CT molecular complexity index is 4510. The fraction of sp³-hybridized carbons (Fsp3) is 0.0685. The second-order valence-corrected chi connectivity index (χ2v) is 20.9. The van der Waals surface area contributed by atoms with E-state index in [1.165, 1.54) is 17.2 Å². The molecule has 2 heterocycles. The molecule has 382 valence electrons. The van der Waals surface area contributed by atoms with Crippen LogP contribution in [0.15, 0.2) is 224 Å². The van der Waals surface area contributed by atoms with E-state index in [9.17, 15) is 13.2 Å². The molecule has 0 unspecified atom stereocenters. The van der Waals surface area contributed by atoms with Gasteiger partial charge in [0, 0.05) is 32.7 Å². The molecule has 2 aromatic heterocycles. The van der Waals surface area contributed by atoms with Crippen LogP contribution in [0.4, 0.5) is 24.5 Å². The number of hydrogen-bond acceptors (Lipinski definition) is 0. The van der Waals surface area contributed by atoms with E-state index < -0.39 is 11.7 Å². The first-order valence-corrected chi connectivity index (χ1v) is 26.5. The van der Waals surface area contributed by atoms with E-state index in [4.69, 9.17) is 13.1 Å². The Morgan fingerprint density at radius 2 is 0.675 bits per heavy atom. The molecule has 7 heteroatoms. The van der Waals surface area contributed by atoms with Gasteiger partial charge in [0.1, 0.15) is 0 Å². The summed E-state index contributed by atoms with van der Waals surface area (Å²) in [6.07, 6.45) is -4.63. The number of aryl methyl sites for hydroxylation is 4. The van der Waals surface area contributed by atoms with Gasteiger partial charge in [-0.1, -0.05) is 174 Å². The van der Waals surface area contributed by atoms with Crippen LogP contribution in [-0.4, -0.2) is 9.13 Å². The number of alkyl halides is 3. The van der Waals surface area contributed by atoms with Crippen molar-refractivity contribution in [2.24, 2.45) is 0 Å². The third-order valence-electron chi connectivity index (χ3n) is 15.7. The quantitative estimate of drug-likeness (QED) is 0.135. The fourth-order valence-electron chi connectivity index (χ4n) is 11.4. The molecule has 0 N–H and O–H groups in total. The predicted molar refractivity (Wildman–Crippen MR) is 324 cm³/mol. The lowest BCUT2D eigenvalue weighted by atomic mass is 9.94. The van der Waals surface area contributed by atoms with Gasteiger partial charge in [-0.15, -0.1) is 0 Å². The lowest BCUT2D eigenvalue weighted by molar-refractivity contribution is -0.137. The number of halogens is 3. The first-order valence-electron chi connectivity index (χ1n) is 26.5. The minimum absolute atomic E-state index is 0.109. The van der Waals surface area contributed by atoms with E-state index in [-0.39, 0.29) is 5.69 Å². The smallest absolute Gasteiger partial charge is 0.309 e. The van der Waals surface area contributed by atoms with Crippen molar-refractivity contribution in [2.75, 3.05) is 0 Å². The molecule has 0 spiro atoms. The molecule has 0 fully saturated rings. The summed E-state index contributed by atoms with van der Waals surface area (Å²) in [6.45, 7) is 24.9. The Kier molecular flexibility index (Phi) is 11.9. The predicted octanol–water partition coefficient (Wildman–Crippen LogP) is 21.2. The zero-order valence-electron chi connectivity index (χ0n) is 44.3. The summed E-state index contributed by atoms with van der Waals surface area (Å²) >= 11 is 0. The average Bonchev–Trinajstić information content (AvgIpc) is 4.03. The number of fused-ring (bicyclic) bond motifs is 6. The lowest BCUT2D eigenvalue weighted by Gasteiger charge is -2.21. The normalized spacial score (nSPS) is 11.7. The van der Waals surface area contributed by atoms with Crippen LogP contribution >= 0.6 is 0 Å². The summed E-state index contributed by atoms with van der Waals surface area (Å²) in [5.74, 6) is 0. The number of aromatic nitrogens is 2. The first-order chi connectivity index (χ1) is 38.8. The summed E-state index contributed by atoms with van der Waals surface area (Å²) in [5.41, 5.74) is 20.6. The molecule has 0 saturated heterocycles. The highest BCUT2D eigenvalue weighted by molar-refractivity contribution is 6.14. The highest BCUT2D eigenvalue weighted by Crippen LogP contribution is 2.47. The van der Waals surface area contributed by atoms with Crippen molar-refractivity contribution in [1.82, 2.24) is 9.13 Å². The molecule has 80 heavy (non-hydrogen) atoms. The minimum Gasteiger partial charge on any atom is -0.309 e. The molecule has 0 atom stereocenters. The molecule has 4 nitrogen and oxygen atoms in total. The van der Waals surface area contributed by atoms with Gasteiger partial charge in [0.2, 0.25) is 0 Å². The third kappa shape index (κ3) is 8.67. The van der Waals surface area contributed by atoms with Gasteiger partial charge in [0.05, 0.1) is 46.6 Å². The molecule has 0 amide bonds. The molecule has 0 aliphatic heterocycles. The maximum atomic E-state index is 14.2. The Morgan fingerprint density at radius 1 is 0.312 bits per heavy atom. The van der Waals surface area contributed by atoms with Crippen molar-refractivity contribution in [3.05, 3.63) is 275 Å². The molecule has 0 aliphatic rings. The second-order valence-electron chi connectivity index (χ2n) is 20.9. The minimum atomic E-state index is -4.63. The zero-order valence-corrected chi connectivity index (χ0v) is 44.3. The monoisotopic (exact) mass is 1040 g/mol.